The average Bonchev–Trinajstić information content (AvgIpc) is 2.63. The number of phenolic OH excluding ortho intramolecular Hbond substituents is 1. The van der Waals surface area contributed by atoms with Crippen molar-refractivity contribution >= 4 is 22.9 Å². The topological polar surface area (TPSA) is 58.4 Å². The van der Waals surface area contributed by atoms with Crippen molar-refractivity contribution in [3.05, 3.63) is 70.1 Å². The monoisotopic (exact) mass is 349 g/mol. The molecule has 0 fully saturated rings. The Morgan fingerprint density at radius 2 is 1.77 bits per heavy atom. The van der Waals surface area contributed by atoms with Gasteiger partial charge in [0.25, 0.3) is 5.56 Å². The fraction of sp³-hybridized carbons (Fsp3) is 0.238. The maximum Gasteiger partial charge on any atom is 0.274 e. The Hall–Kier alpha value is -2.92. The first-order valence-electron chi connectivity index (χ1n) is 8.65. The number of hydrogen-bond donors (Lipinski definition) is 1. The number of rotatable bonds is 6. The summed E-state index contributed by atoms with van der Waals surface area (Å²) in [5.74, 6) is 0.251. The molecule has 5 heteroatoms. The lowest BCUT2D eigenvalue weighted by molar-refractivity contribution is 0.378. The van der Waals surface area contributed by atoms with Crippen molar-refractivity contribution in [1.29, 1.82) is 0 Å². The van der Waals surface area contributed by atoms with Gasteiger partial charge >= 0.3 is 0 Å². The Balaban J connectivity index is 1.81. The van der Waals surface area contributed by atoms with Gasteiger partial charge in [-0.15, -0.1) is 0 Å². The number of aryl methyl sites for hydroxylation is 1. The van der Waals surface area contributed by atoms with Crippen LogP contribution in [0.5, 0.6) is 5.75 Å². The van der Waals surface area contributed by atoms with Gasteiger partial charge in [-0.3, -0.25) is 4.79 Å². The minimum atomic E-state index is -0.0460. The molecule has 0 aliphatic carbocycles. The Morgan fingerprint density at radius 3 is 2.50 bits per heavy atom. The van der Waals surface area contributed by atoms with Crippen molar-refractivity contribution in [2.45, 2.75) is 13.0 Å². The van der Waals surface area contributed by atoms with E-state index in [4.69, 9.17) is 0 Å². The van der Waals surface area contributed by atoms with Crippen LogP contribution in [0.2, 0.25) is 0 Å². The number of hydrogen-bond acceptors (Lipinski definition) is 4. The molecule has 3 rings (SSSR count). The third kappa shape index (κ3) is 4.37. The van der Waals surface area contributed by atoms with Crippen molar-refractivity contribution in [1.82, 2.24) is 14.7 Å². The van der Waals surface area contributed by atoms with Crippen LogP contribution in [-0.2, 0) is 6.54 Å². The van der Waals surface area contributed by atoms with Gasteiger partial charge in [-0.1, -0.05) is 30.4 Å². The second-order valence-corrected chi connectivity index (χ2v) is 6.60. The summed E-state index contributed by atoms with van der Waals surface area (Å²) in [6, 6.07) is 12.8. The van der Waals surface area contributed by atoms with E-state index in [1.165, 1.54) is 4.68 Å². The fourth-order valence-electron chi connectivity index (χ4n) is 2.78. The van der Waals surface area contributed by atoms with E-state index in [1.54, 1.807) is 18.3 Å². The molecule has 0 aliphatic rings. The molecule has 3 aromatic rings. The van der Waals surface area contributed by atoms with Crippen LogP contribution < -0.4 is 5.56 Å². The summed E-state index contributed by atoms with van der Waals surface area (Å²) >= 11 is 0. The molecule has 0 aliphatic heterocycles. The molecule has 0 amide bonds. The SMILES string of the molecule is CN(C)CCCn1ncc2cc(/C=C/c3ccc(O)cc3)ccc2c1=O. The average molecular weight is 349 g/mol. The molecule has 0 unspecified atom stereocenters. The van der Waals surface area contributed by atoms with E-state index in [0.29, 0.717) is 11.9 Å². The number of aromatic hydroxyl groups is 1. The normalized spacial score (nSPS) is 11.7. The standard InChI is InChI=1S/C21H23N3O2/c1-23(2)12-3-13-24-21(26)20-11-8-17(14-18(20)15-22-24)5-4-16-6-9-19(25)10-7-16/h4-11,14-15,25H,3,12-13H2,1-2H3/b5-4+. The van der Waals surface area contributed by atoms with Crippen LogP contribution in [0.1, 0.15) is 17.5 Å². The zero-order valence-corrected chi connectivity index (χ0v) is 15.1. The van der Waals surface area contributed by atoms with Crippen molar-refractivity contribution in [3.63, 3.8) is 0 Å². The molecule has 5 nitrogen and oxygen atoms in total. The summed E-state index contributed by atoms with van der Waals surface area (Å²) < 4.78 is 1.54. The molecular weight excluding hydrogens is 326 g/mol. The largest absolute Gasteiger partial charge is 0.508 e. The van der Waals surface area contributed by atoms with Gasteiger partial charge in [0, 0.05) is 11.9 Å². The Kier molecular flexibility index (Phi) is 5.49. The highest BCUT2D eigenvalue weighted by molar-refractivity contribution is 5.84. The lowest BCUT2D eigenvalue weighted by Crippen LogP contribution is -2.25. The lowest BCUT2D eigenvalue weighted by atomic mass is 10.1. The van der Waals surface area contributed by atoms with Gasteiger partial charge in [0.1, 0.15) is 5.75 Å². The first kappa shape index (κ1) is 17.9. The molecule has 2 aromatic carbocycles. The Bertz CT molecular complexity index is 973. The zero-order chi connectivity index (χ0) is 18.5. The van der Waals surface area contributed by atoms with Crippen LogP contribution in [-0.4, -0.2) is 40.4 Å². The first-order valence-corrected chi connectivity index (χ1v) is 8.65. The maximum absolute atomic E-state index is 12.6. The minimum Gasteiger partial charge on any atom is -0.508 e. The van der Waals surface area contributed by atoms with Crippen LogP contribution in [0.25, 0.3) is 22.9 Å². The van der Waals surface area contributed by atoms with E-state index >= 15 is 0 Å². The van der Waals surface area contributed by atoms with Crippen LogP contribution in [0.15, 0.2) is 53.5 Å². The molecule has 26 heavy (non-hydrogen) atoms. The molecule has 134 valence electrons. The summed E-state index contributed by atoms with van der Waals surface area (Å²) in [5.41, 5.74) is 1.95. The number of phenols is 1. The van der Waals surface area contributed by atoms with Gasteiger partial charge < -0.3 is 10.0 Å². The molecular formula is C21H23N3O2. The molecule has 0 atom stereocenters. The predicted octanol–water partition coefficient (Wildman–Crippen LogP) is 3.22. The van der Waals surface area contributed by atoms with Gasteiger partial charge in [0.15, 0.2) is 0 Å². The molecule has 1 heterocycles. The highest BCUT2D eigenvalue weighted by Gasteiger charge is 2.04. The summed E-state index contributed by atoms with van der Waals surface area (Å²) in [4.78, 5) is 14.7. The summed E-state index contributed by atoms with van der Waals surface area (Å²) in [6.07, 6.45) is 6.59. The van der Waals surface area contributed by atoms with E-state index < -0.39 is 0 Å². The smallest absolute Gasteiger partial charge is 0.274 e. The molecule has 0 spiro atoms. The molecule has 0 saturated carbocycles. The van der Waals surface area contributed by atoms with Crippen molar-refractivity contribution in [2.75, 3.05) is 20.6 Å². The summed E-state index contributed by atoms with van der Waals surface area (Å²) in [6.45, 7) is 1.54. The molecule has 1 aromatic heterocycles. The number of nitrogens with zero attached hydrogens (tertiary/aromatic N) is 3. The van der Waals surface area contributed by atoms with E-state index in [2.05, 4.69) is 10.00 Å². The third-order valence-corrected chi connectivity index (χ3v) is 4.21. The zero-order valence-electron chi connectivity index (χ0n) is 15.1. The van der Waals surface area contributed by atoms with Gasteiger partial charge in [-0.05, 0) is 62.5 Å². The number of benzene rings is 2. The molecule has 1 N–H and O–H groups in total. The van der Waals surface area contributed by atoms with Crippen LogP contribution in [0.4, 0.5) is 0 Å². The van der Waals surface area contributed by atoms with Crippen molar-refractivity contribution in [3.8, 4) is 5.75 Å². The van der Waals surface area contributed by atoms with E-state index in [1.807, 2.05) is 56.6 Å². The second kappa shape index (κ2) is 7.97. The van der Waals surface area contributed by atoms with Gasteiger partial charge in [0.05, 0.1) is 11.6 Å². The van der Waals surface area contributed by atoms with Gasteiger partial charge in [-0.2, -0.15) is 5.10 Å². The summed E-state index contributed by atoms with van der Waals surface area (Å²) in [7, 11) is 4.04. The quantitative estimate of drug-likeness (QED) is 0.694. The summed E-state index contributed by atoms with van der Waals surface area (Å²) in [5, 5.41) is 15.2. The van der Waals surface area contributed by atoms with Crippen LogP contribution in [0.3, 0.4) is 0 Å². The van der Waals surface area contributed by atoms with E-state index in [0.717, 1.165) is 29.5 Å². The third-order valence-electron chi connectivity index (χ3n) is 4.21. The van der Waals surface area contributed by atoms with Crippen molar-refractivity contribution < 1.29 is 5.11 Å². The highest BCUT2D eigenvalue weighted by atomic mass is 16.3. The lowest BCUT2D eigenvalue weighted by Gasteiger charge is -2.10. The maximum atomic E-state index is 12.6. The Morgan fingerprint density at radius 1 is 1.08 bits per heavy atom. The van der Waals surface area contributed by atoms with E-state index in [-0.39, 0.29) is 11.3 Å². The van der Waals surface area contributed by atoms with Gasteiger partial charge in [0.2, 0.25) is 0 Å². The van der Waals surface area contributed by atoms with Crippen LogP contribution in [0, 0.1) is 0 Å². The molecule has 0 saturated heterocycles. The van der Waals surface area contributed by atoms with Gasteiger partial charge in [-0.25, -0.2) is 4.68 Å². The second-order valence-electron chi connectivity index (χ2n) is 6.60. The highest BCUT2D eigenvalue weighted by Crippen LogP contribution is 2.16. The Labute approximate surface area is 152 Å². The van der Waals surface area contributed by atoms with E-state index in [9.17, 15) is 9.90 Å². The molecule has 0 bridgehead atoms. The fourth-order valence-corrected chi connectivity index (χ4v) is 2.78. The predicted molar refractivity (Wildman–Crippen MR) is 106 cm³/mol. The number of fused-ring (bicyclic) bond motifs is 1. The first-order chi connectivity index (χ1) is 12.5. The van der Waals surface area contributed by atoms with Crippen LogP contribution >= 0.6 is 0 Å². The minimum absolute atomic E-state index is 0.0460. The number of aromatic nitrogens is 2. The molecule has 0 radical (unpaired) electrons. The van der Waals surface area contributed by atoms with Crippen molar-refractivity contribution in [2.24, 2.45) is 0 Å².